The van der Waals surface area contributed by atoms with Gasteiger partial charge < -0.3 is 15.5 Å². The molecule has 0 aliphatic carbocycles. The maximum Gasteiger partial charge on any atom is 0.321 e. The van der Waals surface area contributed by atoms with E-state index in [1.54, 1.807) is 0 Å². The van der Waals surface area contributed by atoms with Crippen LogP contribution in [0.25, 0.3) is 10.9 Å². The number of aromatic amines is 1. The number of aromatic nitrogens is 1. The Hall–Kier alpha value is -2.05. The molecule has 134 valence electrons. The molecule has 3 amide bonds. The van der Waals surface area contributed by atoms with Gasteiger partial charge in [-0.15, -0.1) is 0 Å². The molecule has 0 saturated carbocycles. The van der Waals surface area contributed by atoms with Crippen LogP contribution in [0.4, 0.5) is 4.79 Å². The van der Waals surface area contributed by atoms with Gasteiger partial charge in [0.25, 0.3) is 0 Å². The Kier molecular flexibility index (Phi) is 5.60. The van der Waals surface area contributed by atoms with E-state index >= 15 is 0 Å². The average Bonchev–Trinajstić information content (AvgIpc) is 3.03. The summed E-state index contributed by atoms with van der Waals surface area (Å²) in [5.74, 6) is 0.0208. The van der Waals surface area contributed by atoms with Crippen LogP contribution in [-0.4, -0.2) is 41.6 Å². The number of ether oxygens (including phenoxy) is 1. The summed E-state index contributed by atoms with van der Waals surface area (Å²) in [4.78, 5) is 28.5. The van der Waals surface area contributed by atoms with Crippen molar-refractivity contribution in [3.63, 3.8) is 0 Å². The molecule has 1 aliphatic heterocycles. The molecule has 0 atom stereocenters. The molecule has 25 heavy (non-hydrogen) atoms. The summed E-state index contributed by atoms with van der Waals surface area (Å²) in [5, 5.41) is 1.64. The first-order valence-electron chi connectivity index (χ1n) is 8.48. The lowest BCUT2D eigenvalue weighted by atomic mass is 9.99. The number of primary amides is 1. The number of halogens is 1. The number of urea groups is 1. The van der Waals surface area contributed by atoms with Gasteiger partial charge in [-0.05, 0) is 36.8 Å². The van der Waals surface area contributed by atoms with Crippen molar-refractivity contribution in [2.24, 2.45) is 11.7 Å². The third-order valence-electron chi connectivity index (χ3n) is 4.71. The third kappa shape index (κ3) is 4.14. The summed E-state index contributed by atoms with van der Waals surface area (Å²) < 4.78 is 5.32. The molecule has 1 aromatic heterocycles. The number of carbonyl (C=O) groups excluding carboxylic acids is 2. The van der Waals surface area contributed by atoms with Gasteiger partial charge in [-0.3, -0.25) is 9.69 Å². The molecule has 0 bridgehead atoms. The van der Waals surface area contributed by atoms with Gasteiger partial charge in [-0.2, -0.15) is 0 Å². The molecule has 1 saturated heterocycles. The highest BCUT2D eigenvalue weighted by atomic mass is 35.5. The molecule has 0 unspecified atom stereocenters. The number of rotatable bonds is 5. The zero-order valence-corrected chi connectivity index (χ0v) is 14.7. The Labute approximate surface area is 151 Å². The Balaban J connectivity index is 1.64. The van der Waals surface area contributed by atoms with E-state index in [0.717, 1.165) is 29.3 Å². The predicted octanol–water partition coefficient (Wildman–Crippen LogP) is 3.09. The second-order valence-electron chi connectivity index (χ2n) is 6.37. The summed E-state index contributed by atoms with van der Waals surface area (Å²) in [5.41, 5.74) is 7.29. The fourth-order valence-corrected chi connectivity index (χ4v) is 3.49. The van der Waals surface area contributed by atoms with E-state index in [9.17, 15) is 9.59 Å². The van der Waals surface area contributed by atoms with Crippen molar-refractivity contribution in [2.75, 3.05) is 19.8 Å². The van der Waals surface area contributed by atoms with E-state index in [0.29, 0.717) is 31.2 Å². The smallest absolute Gasteiger partial charge is 0.321 e. The molecule has 2 aromatic rings. The predicted molar refractivity (Wildman–Crippen MR) is 96.5 cm³/mol. The highest BCUT2D eigenvalue weighted by Crippen LogP contribution is 2.26. The number of nitrogens with one attached hydrogen (secondary N) is 1. The quantitative estimate of drug-likeness (QED) is 0.855. The van der Waals surface area contributed by atoms with E-state index in [1.165, 1.54) is 4.90 Å². The van der Waals surface area contributed by atoms with Crippen molar-refractivity contribution >= 4 is 34.4 Å². The fourth-order valence-electron chi connectivity index (χ4n) is 3.26. The fraction of sp³-hybridized carbons (Fsp3) is 0.444. The van der Waals surface area contributed by atoms with Crippen LogP contribution in [0, 0.1) is 5.92 Å². The number of fused-ring (bicyclic) bond motifs is 1. The van der Waals surface area contributed by atoms with Crippen LogP contribution in [-0.2, 0) is 16.0 Å². The van der Waals surface area contributed by atoms with E-state index in [4.69, 9.17) is 22.1 Å². The third-order valence-corrected chi connectivity index (χ3v) is 5.02. The van der Waals surface area contributed by atoms with Crippen molar-refractivity contribution in [2.45, 2.75) is 25.7 Å². The monoisotopic (exact) mass is 363 g/mol. The first kappa shape index (κ1) is 17.8. The van der Waals surface area contributed by atoms with E-state index in [2.05, 4.69) is 4.98 Å². The second kappa shape index (κ2) is 7.89. The standard InChI is InChI=1S/C18H22ClN3O3/c19-15-3-1-2-14-13(10-21-17(14)15)4-5-16(23)22(18(20)24)11-12-6-8-25-9-7-12/h1-3,10,12,21H,4-9,11H2,(H2,20,24). The minimum Gasteiger partial charge on any atom is -0.381 e. The number of carbonyl (C=O) groups is 2. The number of para-hydroxylation sites is 1. The van der Waals surface area contributed by atoms with Crippen LogP contribution in [0.1, 0.15) is 24.8 Å². The van der Waals surface area contributed by atoms with Gasteiger partial charge in [0.05, 0.1) is 10.5 Å². The number of aryl methyl sites for hydroxylation is 1. The summed E-state index contributed by atoms with van der Waals surface area (Å²) >= 11 is 6.16. The second-order valence-corrected chi connectivity index (χ2v) is 6.78. The minimum atomic E-state index is -0.682. The van der Waals surface area contributed by atoms with Crippen molar-refractivity contribution in [3.8, 4) is 0 Å². The summed E-state index contributed by atoms with van der Waals surface area (Å²) in [6.07, 6.45) is 4.30. The highest BCUT2D eigenvalue weighted by Gasteiger charge is 2.24. The Morgan fingerprint density at radius 3 is 2.80 bits per heavy atom. The lowest BCUT2D eigenvalue weighted by molar-refractivity contribution is -0.129. The van der Waals surface area contributed by atoms with Crippen LogP contribution >= 0.6 is 11.6 Å². The molecule has 0 spiro atoms. The average molecular weight is 364 g/mol. The molecule has 0 radical (unpaired) electrons. The van der Waals surface area contributed by atoms with Crippen LogP contribution in [0.15, 0.2) is 24.4 Å². The number of imide groups is 1. The van der Waals surface area contributed by atoms with Crippen molar-refractivity contribution < 1.29 is 14.3 Å². The number of nitrogens with two attached hydrogens (primary N) is 1. The lowest BCUT2D eigenvalue weighted by Crippen LogP contribution is -2.44. The van der Waals surface area contributed by atoms with Gasteiger partial charge in [0.15, 0.2) is 0 Å². The normalized spacial score (nSPS) is 15.4. The van der Waals surface area contributed by atoms with Crippen LogP contribution in [0.5, 0.6) is 0 Å². The molecule has 1 aliphatic rings. The van der Waals surface area contributed by atoms with Crippen LogP contribution < -0.4 is 5.73 Å². The van der Waals surface area contributed by atoms with E-state index in [1.807, 2.05) is 24.4 Å². The van der Waals surface area contributed by atoms with Crippen molar-refractivity contribution in [1.82, 2.24) is 9.88 Å². The first-order valence-corrected chi connectivity index (χ1v) is 8.86. The highest BCUT2D eigenvalue weighted by molar-refractivity contribution is 6.35. The summed E-state index contributed by atoms with van der Waals surface area (Å²) in [6.45, 7) is 1.71. The van der Waals surface area contributed by atoms with Gasteiger partial charge >= 0.3 is 6.03 Å². The molecular weight excluding hydrogens is 342 g/mol. The molecule has 3 N–H and O–H groups in total. The number of amides is 3. The number of nitrogens with zero attached hydrogens (tertiary/aromatic N) is 1. The summed E-state index contributed by atoms with van der Waals surface area (Å²) in [7, 11) is 0. The van der Waals surface area contributed by atoms with Gasteiger partial charge in [0.2, 0.25) is 5.91 Å². The molecular formula is C18H22ClN3O3. The number of H-pyrrole nitrogens is 1. The topological polar surface area (TPSA) is 88.4 Å². The van der Waals surface area contributed by atoms with E-state index in [-0.39, 0.29) is 18.2 Å². The van der Waals surface area contributed by atoms with Gasteiger partial charge in [0, 0.05) is 37.8 Å². The van der Waals surface area contributed by atoms with E-state index < -0.39 is 6.03 Å². The Bertz CT molecular complexity index is 768. The maximum absolute atomic E-state index is 12.5. The van der Waals surface area contributed by atoms with Gasteiger partial charge in [-0.25, -0.2) is 4.79 Å². The molecule has 2 heterocycles. The van der Waals surface area contributed by atoms with Gasteiger partial charge in [0.1, 0.15) is 0 Å². The number of hydrogen-bond donors (Lipinski definition) is 2. The minimum absolute atomic E-state index is 0.228. The molecule has 6 nitrogen and oxygen atoms in total. The van der Waals surface area contributed by atoms with Gasteiger partial charge in [-0.1, -0.05) is 23.7 Å². The first-order chi connectivity index (χ1) is 12.1. The number of hydrogen-bond acceptors (Lipinski definition) is 3. The summed E-state index contributed by atoms with van der Waals surface area (Å²) in [6, 6.07) is 4.98. The number of benzene rings is 1. The Morgan fingerprint density at radius 1 is 1.32 bits per heavy atom. The molecule has 1 aromatic carbocycles. The maximum atomic E-state index is 12.5. The zero-order chi connectivity index (χ0) is 17.8. The molecule has 1 fully saturated rings. The lowest BCUT2D eigenvalue weighted by Gasteiger charge is -2.27. The molecule has 3 rings (SSSR count). The molecule has 7 heteroatoms. The Morgan fingerprint density at radius 2 is 2.08 bits per heavy atom. The largest absolute Gasteiger partial charge is 0.381 e. The zero-order valence-electron chi connectivity index (χ0n) is 14.0. The SMILES string of the molecule is NC(=O)N(CC1CCOCC1)C(=O)CCc1c[nH]c2c(Cl)cccc12. The van der Waals surface area contributed by atoms with Crippen LogP contribution in [0.3, 0.4) is 0 Å². The van der Waals surface area contributed by atoms with Crippen molar-refractivity contribution in [3.05, 3.63) is 35.0 Å². The van der Waals surface area contributed by atoms with Crippen LogP contribution in [0.2, 0.25) is 5.02 Å². The van der Waals surface area contributed by atoms with Crippen molar-refractivity contribution in [1.29, 1.82) is 0 Å².